The first-order valence-corrected chi connectivity index (χ1v) is 6.47. The van der Waals surface area contributed by atoms with Gasteiger partial charge in [-0.05, 0) is 20.4 Å². The van der Waals surface area contributed by atoms with Crippen molar-refractivity contribution < 1.29 is 4.79 Å². The van der Waals surface area contributed by atoms with Crippen LogP contribution in [0.5, 0.6) is 0 Å². The minimum atomic E-state index is -0.220. The van der Waals surface area contributed by atoms with E-state index in [9.17, 15) is 4.79 Å². The maximum Gasteiger partial charge on any atom is 0.275 e. The standard InChI is InChI=1S/C11H15N5OS/c1-6-10(7(2)16-15-6)14-11(17)8-5-18-9(13-8)3-4-12/h5H,3-4,12H2,1-2H3,(H,14,17)(H,15,16). The van der Waals surface area contributed by atoms with Gasteiger partial charge in [-0.3, -0.25) is 9.89 Å². The summed E-state index contributed by atoms with van der Waals surface area (Å²) in [6, 6.07) is 0. The van der Waals surface area contributed by atoms with Gasteiger partial charge in [-0.25, -0.2) is 4.98 Å². The van der Waals surface area contributed by atoms with Crippen LogP contribution in [0.1, 0.15) is 26.9 Å². The third kappa shape index (κ3) is 2.57. The zero-order chi connectivity index (χ0) is 13.1. The second-order valence-corrected chi connectivity index (χ2v) is 4.87. The van der Waals surface area contributed by atoms with E-state index in [2.05, 4.69) is 20.5 Å². The summed E-state index contributed by atoms with van der Waals surface area (Å²) in [6.45, 7) is 4.23. The number of H-pyrrole nitrogens is 1. The number of nitrogens with two attached hydrogens (primary N) is 1. The zero-order valence-electron chi connectivity index (χ0n) is 10.3. The van der Waals surface area contributed by atoms with Crippen molar-refractivity contribution >= 4 is 22.9 Å². The number of rotatable bonds is 4. The van der Waals surface area contributed by atoms with Crippen molar-refractivity contribution in [3.8, 4) is 0 Å². The highest BCUT2D eigenvalue weighted by Crippen LogP contribution is 2.18. The Kier molecular flexibility index (Phi) is 3.73. The summed E-state index contributed by atoms with van der Waals surface area (Å²) in [5.41, 5.74) is 8.18. The summed E-state index contributed by atoms with van der Waals surface area (Å²) < 4.78 is 0. The van der Waals surface area contributed by atoms with Crippen LogP contribution in [0.3, 0.4) is 0 Å². The van der Waals surface area contributed by atoms with E-state index >= 15 is 0 Å². The summed E-state index contributed by atoms with van der Waals surface area (Å²) in [5, 5.41) is 12.3. The van der Waals surface area contributed by atoms with Crippen LogP contribution in [0.25, 0.3) is 0 Å². The molecule has 0 aliphatic carbocycles. The number of anilines is 1. The predicted molar refractivity (Wildman–Crippen MR) is 70.9 cm³/mol. The van der Waals surface area contributed by atoms with Gasteiger partial charge in [0.05, 0.1) is 22.1 Å². The first kappa shape index (κ1) is 12.7. The number of aromatic nitrogens is 3. The molecule has 4 N–H and O–H groups in total. The maximum absolute atomic E-state index is 12.0. The first-order valence-electron chi connectivity index (χ1n) is 5.59. The van der Waals surface area contributed by atoms with Crippen molar-refractivity contribution in [1.29, 1.82) is 0 Å². The smallest absolute Gasteiger partial charge is 0.275 e. The Labute approximate surface area is 109 Å². The summed E-state index contributed by atoms with van der Waals surface area (Å²) in [6.07, 6.45) is 0.696. The number of nitrogens with zero attached hydrogens (tertiary/aromatic N) is 2. The average Bonchev–Trinajstić information content (AvgIpc) is 2.91. The molecule has 7 heteroatoms. The van der Waals surface area contributed by atoms with Gasteiger partial charge in [-0.15, -0.1) is 11.3 Å². The van der Waals surface area contributed by atoms with Crippen molar-refractivity contribution in [2.24, 2.45) is 5.73 Å². The lowest BCUT2D eigenvalue weighted by Crippen LogP contribution is -2.13. The van der Waals surface area contributed by atoms with Crippen molar-refractivity contribution in [3.63, 3.8) is 0 Å². The lowest BCUT2D eigenvalue weighted by Gasteiger charge is -2.02. The van der Waals surface area contributed by atoms with Gasteiger partial charge in [0.15, 0.2) is 0 Å². The van der Waals surface area contributed by atoms with Crippen LogP contribution in [0, 0.1) is 13.8 Å². The van der Waals surface area contributed by atoms with Crippen molar-refractivity contribution in [1.82, 2.24) is 15.2 Å². The van der Waals surface area contributed by atoms with Crippen molar-refractivity contribution in [2.75, 3.05) is 11.9 Å². The fourth-order valence-electron chi connectivity index (χ4n) is 1.57. The van der Waals surface area contributed by atoms with Crippen LogP contribution in [-0.4, -0.2) is 27.6 Å². The SMILES string of the molecule is Cc1n[nH]c(C)c1NC(=O)c1csc(CCN)n1. The van der Waals surface area contributed by atoms with Crippen LogP contribution in [0.4, 0.5) is 5.69 Å². The number of hydrogen-bond donors (Lipinski definition) is 3. The topological polar surface area (TPSA) is 96.7 Å². The first-order chi connectivity index (χ1) is 8.61. The average molecular weight is 265 g/mol. The Bertz CT molecular complexity index is 540. The fourth-order valence-corrected chi connectivity index (χ4v) is 2.36. The van der Waals surface area contributed by atoms with Crippen LogP contribution < -0.4 is 11.1 Å². The van der Waals surface area contributed by atoms with E-state index in [0.717, 1.165) is 16.4 Å². The third-order valence-corrected chi connectivity index (χ3v) is 3.42. The molecule has 0 spiro atoms. The molecule has 1 amide bonds. The minimum absolute atomic E-state index is 0.220. The summed E-state index contributed by atoms with van der Waals surface area (Å²) in [4.78, 5) is 16.2. The molecule has 0 saturated carbocycles. The van der Waals surface area contributed by atoms with E-state index < -0.39 is 0 Å². The Morgan fingerprint density at radius 1 is 1.56 bits per heavy atom. The predicted octanol–water partition coefficient (Wildman–Crippen LogP) is 1.24. The molecule has 0 unspecified atom stereocenters. The normalized spacial score (nSPS) is 10.6. The molecular weight excluding hydrogens is 250 g/mol. The molecule has 96 valence electrons. The van der Waals surface area contributed by atoms with E-state index in [4.69, 9.17) is 5.73 Å². The minimum Gasteiger partial charge on any atom is -0.330 e. The summed E-state index contributed by atoms with van der Waals surface area (Å²) in [5.74, 6) is -0.220. The van der Waals surface area contributed by atoms with Crippen LogP contribution in [-0.2, 0) is 6.42 Å². The highest BCUT2D eigenvalue weighted by molar-refractivity contribution is 7.09. The Balaban J connectivity index is 2.12. The second kappa shape index (κ2) is 5.28. The highest BCUT2D eigenvalue weighted by Gasteiger charge is 2.14. The number of aryl methyl sites for hydroxylation is 2. The van der Waals surface area contributed by atoms with Gasteiger partial charge >= 0.3 is 0 Å². The number of nitrogens with one attached hydrogen (secondary N) is 2. The van der Waals surface area contributed by atoms with E-state index in [1.54, 1.807) is 5.38 Å². The zero-order valence-corrected chi connectivity index (χ0v) is 11.1. The van der Waals surface area contributed by atoms with Crippen molar-refractivity contribution in [2.45, 2.75) is 20.3 Å². The molecule has 0 bridgehead atoms. The molecule has 18 heavy (non-hydrogen) atoms. The Hall–Kier alpha value is -1.73. The van der Waals surface area contributed by atoms with E-state index in [1.807, 2.05) is 13.8 Å². The quantitative estimate of drug-likeness (QED) is 0.774. The lowest BCUT2D eigenvalue weighted by molar-refractivity contribution is 0.102. The van der Waals surface area contributed by atoms with E-state index in [0.29, 0.717) is 24.3 Å². The number of amides is 1. The molecule has 2 aromatic heterocycles. The number of aromatic amines is 1. The second-order valence-electron chi connectivity index (χ2n) is 3.93. The van der Waals surface area contributed by atoms with Gasteiger partial charge in [-0.2, -0.15) is 5.10 Å². The van der Waals surface area contributed by atoms with Crippen LogP contribution >= 0.6 is 11.3 Å². The van der Waals surface area contributed by atoms with Gasteiger partial charge in [-0.1, -0.05) is 0 Å². The number of carbonyl (C=O) groups is 1. The number of carbonyl (C=O) groups excluding carboxylic acids is 1. The molecule has 0 fully saturated rings. The largest absolute Gasteiger partial charge is 0.330 e. The van der Waals surface area contributed by atoms with E-state index in [-0.39, 0.29) is 5.91 Å². The lowest BCUT2D eigenvalue weighted by atomic mass is 10.3. The van der Waals surface area contributed by atoms with Gasteiger partial charge in [0.25, 0.3) is 5.91 Å². The third-order valence-electron chi connectivity index (χ3n) is 2.51. The molecule has 0 saturated heterocycles. The molecular formula is C11H15N5OS. The van der Waals surface area contributed by atoms with Gasteiger partial charge in [0.1, 0.15) is 5.69 Å². The molecule has 0 aliphatic heterocycles. The van der Waals surface area contributed by atoms with Gasteiger partial charge in [0.2, 0.25) is 0 Å². The molecule has 0 aliphatic rings. The fraction of sp³-hybridized carbons (Fsp3) is 0.364. The highest BCUT2D eigenvalue weighted by atomic mass is 32.1. The summed E-state index contributed by atoms with van der Waals surface area (Å²) in [7, 11) is 0. The Morgan fingerprint density at radius 3 is 2.94 bits per heavy atom. The van der Waals surface area contributed by atoms with Gasteiger partial charge < -0.3 is 11.1 Å². The van der Waals surface area contributed by atoms with Crippen LogP contribution in [0.2, 0.25) is 0 Å². The van der Waals surface area contributed by atoms with Crippen molar-refractivity contribution in [3.05, 3.63) is 27.5 Å². The molecule has 0 atom stereocenters. The molecule has 2 aromatic rings. The monoisotopic (exact) mass is 265 g/mol. The molecule has 6 nitrogen and oxygen atoms in total. The number of hydrogen-bond acceptors (Lipinski definition) is 5. The number of thiazole rings is 1. The molecule has 0 aromatic carbocycles. The van der Waals surface area contributed by atoms with Crippen LogP contribution in [0.15, 0.2) is 5.38 Å². The molecule has 2 heterocycles. The van der Waals surface area contributed by atoms with Gasteiger partial charge in [0, 0.05) is 11.8 Å². The summed E-state index contributed by atoms with van der Waals surface area (Å²) >= 11 is 1.45. The molecule has 2 rings (SSSR count). The maximum atomic E-state index is 12.0. The Morgan fingerprint density at radius 2 is 2.33 bits per heavy atom. The molecule has 0 radical (unpaired) electrons. The van der Waals surface area contributed by atoms with E-state index in [1.165, 1.54) is 11.3 Å².